The Balaban J connectivity index is 2.07. The van der Waals surface area contributed by atoms with Gasteiger partial charge in [0.1, 0.15) is 5.70 Å². The van der Waals surface area contributed by atoms with E-state index in [4.69, 9.17) is 0 Å². The van der Waals surface area contributed by atoms with Gasteiger partial charge in [-0.25, -0.2) is 4.99 Å². The molecule has 0 spiro atoms. The first-order valence-corrected chi connectivity index (χ1v) is 4.57. The van der Waals surface area contributed by atoms with Crippen molar-refractivity contribution in [3.63, 3.8) is 0 Å². The van der Waals surface area contributed by atoms with Gasteiger partial charge in [-0.05, 0) is 6.08 Å². The van der Waals surface area contributed by atoms with Crippen molar-refractivity contribution in [3.8, 4) is 0 Å². The molecule has 0 radical (unpaired) electrons. The Kier molecular flexibility index (Phi) is 1.39. The lowest BCUT2D eigenvalue weighted by Crippen LogP contribution is -2.33. The van der Waals surface area contributed by atoms with E-state index < -0.39 is 0 Å². The van der Waals surface area contributed by atoms with Crippen LogP contribution in [0.3, 0.4) is 0 Å². The fourth-order valence-electron chi connectivity index (χ4n) is 1.81. The van der Waals surface area contributed by atoms with Crippen molar-refractivity contribution in [2.24, 2.45) is 4.99 Å². The average molecular weight is 187 g/mol. The maximum Gasteiger partial charge on any atom is 0.188 e. The van der Waals surface area contributed by atoms with Gasteiger partial charge in [0.25, 0.3) is 0 Å². The minimum Gasteiger partial charge on any atom is -0.354 e. The minimum atomic E-state index is 0.109. The van der Waals surface area contributed by atoms with Crippen LogP contribution in [0.1, 0.15) is 6.42 Å². The van der Waals surface area contributed by atoms with E-state index in [9.17, 15) is 4.79 Å². The van der Waals surface area contributed by atoms with Crippen molar-refractivity contribution >= 4 is 12.0 Å². The van der Waals surface area contributed by atoms with Gasteiger partial charge >= 0.3 is 0 Å². The van der Waals surface area contributed by atoms with E-state index in [1.807, 2.05) is 17.2 Å². The molecular weight excluding hydrogens is 178 g/mol. The van der Waals surface area contributed by atoms with Crippen molar-refractivity contribution in [2.45, 2.75) is 6.42 Å². The van der Waals surface area contributed by atoms with E-state index in [0.29, 0.717) is 12.1 Å². The highest BCUT2D eigenvalue weighted by Gasteiger charge is 2.28. The number of fused-ring (bicyclic) bond motifs is 2. The van der Waals surface area contributed by atoms with E-state index in [1.54, 1.807) is 6.21 Å². The Labute approximate surface area is 81.3 Å². The summed E-state index contributed by atoms with van der Waals surface area (Å²) in [5.74, 6) is 0.862. The summed E-state index contributed by atoms with van der Waals surface area (Å²) in [5, 5.41) is 3.00. The summed E-state index contributed by atoms with van der Waals surface area (Å²) in [5.41, 5.74) is 1.69. The molecule has 3 heterocycles. The molecule has 3 rings (SSSR count). The Morgan fingerprint density at radius 1 is 1.50 bits per heavy atom. The van der Waals surface area contributed by atoms with Gasteiger partial charge in [-0.15, -0.1) is 0 Å². The molecule has 3 aliphatic rings. The second kappa shape index (κ2) is 2.57. The quantitative estimate of drug-likeness (QED) is 0.601. The zero-order chi connectivity index (χ0) is 9.54. The van der Waals surface area contributed by atoms with Gasteiger partial charge in [0.15, 0.2) is 11.6 Å². The third-order valence-corrected chi connectivity index (χ3v) is 2.50. The maximum atomic E-state index is 11.5. The fraction of sp³-hybridized carbons (Fsp3) is 0.200. The Morgan fingerprint density at radius 3 is 3.36 bits per heavy atom. The number of carbonyl (C=O) groups excluding carboxylic acids is 1. The van der Waals surface area contributed by atoms with Crippen molar-refractivity contribution in [1.82, 2.24) is 10.2 Å². The summed E-state index contributed by atoms with van der Waals surface area (Å²) in [6, 6.07) is 0. The van der Waals surface area contributed by atoms with E-state index in [0.717, 1.165) is 18.1 Å². The monoisotopic (exact) mass is 187 g/mol. The van der Waals surface area contributed by atoms with Gasteiger partial charge in [-0.1, -0.05) is 6.08 Å². The number of Topliss-reactive ketones (excluding diaryl/α,β-unsaturated/α-hetero) is 1. The third-order valence-electron chi connectivity index (χ3n) is 2.50. The molecule has 0 bridgehead atoms. The first-order valence-electron chi connectivity index (χ1n) is 4.57. The van der Waals surface area contributed by atoms with Gasteiger partial charge < -0.3 is 10.2 Å². The molecule has 0 aliphatic carbocycles. The Morgan fingerprint density at radius 2 is 2.43 bits per heavy atom. The first kappa shape index (κ1) is 7.55. The van der Waals surface area contributed by atoms with E-state index in [1.165, 1.54) is 0 Å². The molecular formula is C10H9N3O. The SMILES string of the molecule is O=C1CC=NC2=C1NC=C1C=CCN12. The standard InChI is InChI=1S/C10H9N3O/c14-8-3-4-11-10-9(8)12-6-7-2-1-5-13(7)10/h1-2,4,6,12H,3,5H2. The zero-order valence-electron chi connectivity index (χ0n) is 7.53. The highest BCUT2D eigenvalue weighted by atomic mass is 16.1. The van der Waals surface area contributed by atoms with Crippen LogP contribution in [0.5, 0.6) is 0 Å². The molecule has 3 aliphatic heterocycles. The summed E-state index contributed by atoms with van der Waals surface area (Å²) < 4.78 is 0. The number of nitrogens with zero attached hydrogens (tertiary/aromatic N) is 2. The first-order chi connectivity index (χ1) is 6.86. The van der Waals surface area contributed by atoms with E-state index >= 15 is 0 Å². The lowest BCUT2D eigenvalue weighted by atomic mass is 10.1. The summed E-state index contributed by atoms with van der Waals surface area (Å²) in [7, 11) is 0. The number of nitrogens with one attached hydrogen (secondary N) is 1. The van der Waals surface area contributed by atoms with Crippen molar-refractivity contribution < 1.29 is 4.79 Å². The minimum absolute atomic E-state index is 0.109. The zero-order valence-corrected chi connectivity index (χ0v) is 7.53. The smallest absolute Gasteiger partial charge is 0.188 e. The van der Waals surface area contributed by atoms with Gasteiger partial charge in [-0.2, -0.15) is 0 Å². The molecule has 0 amide bonds. The number of allylic oxidation sites excluding steroid dienone is 2. The van der Waals surface area contributed by atoms with Crippen LogP contribution >= 0.6 is 0 Å². The largest absolute Gasteiger partial charge is 0.354 e. The molecule has 0 saturated heterocycles. The molecule has 0 aromatic heterocycles. The summed E-state index contributed by atoms with van der Waals surface area (Å²) in [6.07, 6.45) is 7.99. The molecule has 14 heavy (non-hydrogen) atoms. The second-order valence-electron chi connectivity index (χ2n) is 3.36. The average Bonchev–Trinajstić information content (AvgIpc) is 2.66. The predicted molar refractivity (Wildman–Crippen MR) is 52.2 cm³/mol. The third kappa shape index (κ3) is 0.878. The van der Waals surface area contributed by atoms with Gasteiger partial charge in [0.2, 0.25) is 0 Å². The Bertz CT molecular complexity index is 429. The lowest BCUT2D eigenvalue weighted by Gasteiger charge is -2.28. The molecule has 70 valence electrons. The molecule has 0 aromatic rings. The van der Waals surface area contributed by atoms with Crippen LogP contribution < -0.4 is 5.32 Å². The van der Waals surface area contributed by atoms with Crippen LogP contribution in [0, 0.1) is 0 Å². The van der Waals surface area contributed by atoms with Crippen LogP contribution in [0.2, 0.25) is 0 Å². The van der Waals surface area contributed by atoms with Crippen LogP contribution in [-0.2, 0) is 4.79 Å². The second-order valence-corrected chi connectivity index (χ2v) is 3.36. The molecule has 0 atom stereocenters. The molecule has 0 fully saturated rings. The van der Waals surface area contributed by atoms with Crippen LogP contribution in [0.4, 0.5) is 0 Å². The van der Waals surface area contributed by atoms with Crippen LogP contribution in [0.25, 0.3) is 0 Å². The number of aliphatic imine (C=N–C) groups is 1. The molecule has 0 aromatic carbocycles. The lowest BCUT2D eigenvalue weighted by molar-refractivity contribution is -0.115. The maximum absolute atomic E-state index is 11.5. The van der Waals surface area contributed by atoms with E-state index in [-0.39, 0.29) is 5.78 Å². The number of hydrogen-bond acceptors (Lipinski definition) is 4. The topological polar surface area (TPSA) is 44.7 Å². The highest BCUT2D eigenvalue weighted by Crippen LogP contribution is 2.27. The number of carbonyl (C=O) groups is 1. The van der Waals surface area contributed by atoms with E-state index in [2.05, 4.69) is 16.4 Å². The predicted octanol–water partition coefficient (Wildman–Crippen LogP) is 0.516. The molecule has 1 N–H and O–H groups in total. The molecule has 4 heteroatoms. The van der Waals surface area contributed by atoms with Crippen molar-refractivity contribution in [2.75, 3.05) is 6.54 Å². The Hall–Kier alpha value is -1.84. The molecule has 0 unspecified atom stereocenters. The number of ketones is 1. The van der Waals surface area contributed by atoms with Gasteiger partial charge in [0.05, 0.1) is 5.70 Å². The van der Waals surface area contributed by atoms with Crippen molar-refractivity contribution in [3.05, 3.63) is 35.6 Å². The van der Waals surface area contributed by atoms with Gasteiger partial charge in [0, 0.05) is 25.4 Å². The molecule has 0 saturated carbocycles. The van der Waals surface area contributed by atoms with Crippen LogP contribution in [0.15, 0.2) is 40.6 Å². The van der Waals surface area contributed by atoms with Gasteiger partial charge in [-0.3, -0.25) is 4.79 Å². The normalized spacial score (nSPS) is 23.3. The highest BCUT2D eigenvalue weighted by molar-refractivity contribution is 6.05. The van der Waals surface area contributed by atoms with Crippen molar-refractivity contribution in [1.29, 1.82) is 0 Å². The summed E-state index contributed by atoms with van der Waals surface area (Å²) in [4.78, 5) is 17.8. The molecule has 4 nitrogen and oxygen atoms in total. The fourth-order valence-corrected chi connectivity index (χ4v) is 1.81. The number of rotatable bonds is 0. The number of hydrogen-bond donors (Lipinski definition) is 1. The summed E-state index contributed by atoms with van der Waals surface area (Å²) >= 11 is 0. The summed E-state index contributed by atoms with van der Waals surface area (Å²) in [6.45, 7) is 0.803. The van der Waals surface area contributed by atoms with Crippen LogP contribution in [-0.4, -0.2) is 23.4 Å².